The topological polar surface area (TPSA) is 49.8 Å². The van der Waals surface area contributed by atoms with E-state index in [1.165, 1.54) is 18.4 Å². The van der Waals surface area contributed by atoms with Crippen molar-refractivity contribution < 1.29 is 14.6 Å². The van der Waals surface area contributed by atoms with Gasteiger partial charge in [0.25, 0.3) is 0 Å². The second-order valence-corrected chi connectivity index (χ2v) is 5.66. The normalized spacial score (nSPS) is 14.8. The number of hydrogen-bond donors (Lipinski definition) is 1. The van der Waals surface area contributed by atoms with Crippen molar-refractivity contribution in [3.05, 3.63) is 29.8 Å². The van der Waals surface area contributed by atoms with Crippen LogP contribution in [0.15, 0.2) is 24.3 Å². The van der Waals surface area contributed by atoms with E-state index in [9.17, 15) is 4.79 Å². The number of carbonyl (C=O) groups is 1. The summed E-state index contributed by atoms with van der Waals surface area (Å²) in [6.07, 6.45) is 2.74. The molecule has 1 aromatic carbocycles. The van der Waals surface area contributed by atoms with Gasteiger partial charge in [-0.25, -0.2) is 0 Å². The predicted octanol–water partition coefficient (Wildman–Crippen LogP) is 2.91. The summed E-state index contributed by atoms with van der Waals surface area (Å²) in [7, 11) is 0. The Morgan fingerprint density at radius 2 is 2.20 bits per heavy atom. The number of ether oxygens (including phenoxy) is 1. The van der Waals surface area contributed by atoms with Crippen LogP contribution in [-0.4, -0.2) is 34.7 Å². The van der Waals surface area contributed by atoms with E-state index >= 15 is 0 Å². The molecular weight excluding hydrogens is 254 g/mol. The molecule has 1 saturated carbocycles. The Morgan fingerprint density at radius 1 is 1.45 bits per heavy atom. The lowest BCUT2D eigenvalue weighted by molar-refractivity contribution is -0.137. The lowest BCUT2D eigenvalue weighted by Gasteiger charge is -2.21. The predicted molar refractivity (Wildman–Crippen MR) is 77.9 cm³/mol. The largest absolute Gasteiger partial charge is 0.491 e. The molecule has 0 amide bonds. The summed E-state index contributed by atoms with van der Waals surface area (Å²) >= 11 is 0. The van der Waals surface area contributed by atoms with Crippen LogP contribution in [0.2, 0.25) is 0 Å². The Morgan fingerprint density at radius 3 is 2.80 bits per heavy atom. The van der Waals surface area contributed by atoms with Crippen LogP contribution in [-0.2, 0) is 11.3 Å². The molecule has 20 heavy (non-hydrogen) atoms. The minimum absolute atomic E-state index is 0.164. The maximum absolute atomic E-state index is 10.7. The molecule has 110 valence electrons. The highest BCUT2D eigenvalue weighted by atomic mass is 16.5. The molecule has 0 unspecified atom stereocenters. The fourth-order valence-corrected chi connectivity index (χ4v) is 2.29. The molecule has 0 heterocycles. The molecule has 1 aliphatic rings. The van der Waals surface area contributed by atoms with Gasteiger partial charge in [-0.3, -0.25) is 9.69 Å². The Hall–Kier alpha value is -1.55. The van der Waals surface area contributed by atoms with E-state index in [1.54, 1.807) is 0 Å². The van der Waals surface area contributed by atoms with Gasteiger partial charge in [0.1, 0.15) is 5.75 Å². The van der Waals surface area contributed by atoms with E-state index in [-0.39, 0.29) is 12.5 Å². The van der Waals surface area contributed by atoms with E-state index in [2.05, 4.69) is 17.0 Å². The maximum Gasteiger partial charge on any atom is 0.304 e. The number of hydrogen-bond acceptors (Lipinski definition) is 3. The lowest BCUT2D eigenvalue weighted by Crippen LogP contribution is -2.28. The Labute approximate surface area is 120 Å². The molecule has 0 aromatic heterocycles. The third-order valence-electron chi connectivity index (χ3n) is 3.33. The molecule has 0 radical (unpaired) electrons. The van der Waals surface area contributed by atoms with Gasteiger partial charge >= 0.3 is 5.97 Å². The standard InChI is InChI=1S/C16H23NO3/c1-12(2)20-15-5-3-4-13(10-15)11-17(14-6-7-14)9-8-16(18)19/h3-5,10,12,14H,6-9,11H2,1-2H3,(H,18,19). The number of carboxylic acids is 1. The van der Waals surface area contributed by atoms with Crippen LogP contribution in [0.5, 0.6) is 5.75 Å². The molecule has 0 aliphatic heterocycles. The lowest BCUT2D eigenvalue weighted by atomic mass is 10.2. The minimum atomic E-state index is -0.729. The molecule has 1 aliphatic carbocycles. The molecule has 0 atom stereocenters. The summed E-state index contributed by atoms with van der Waals surface area (Å²) < 4.78 is 5.70. The summed E-state index contributed by atoms with van der Waals surface area (Å²) in [5.41, 5.74) is 1.18. The van der Waals surface area contributed by atoms with E-state index in [1.807, 2.05) is 26.0 Å². The van der Waals surface area contributed by atoms with E-state index < -0.39 is 5.97 Å². The van der Waals surface area contributed by atoms with Gasteiger partial charge in [-0.2, -0.15) is 0 Å². The second kappa shape index (κ2) is 6.75. The highest BCUT2D eigenvalue weighted by Gasteiger charge is 2.29. The van der Waals surface area contributed by atoms with Crippen molar-refractivity contribution >= 4 is 5.97 Å². The summed E-state index contributed by atoms with van der Waals surface area (Å²) in [4.78, 5) is 13.0. The van der Waals surface area contributed by atoms with Crippen LogP contribution >= 0.6 is 0 Å². The Bertz CT molecular complexity index is 455. The first-order valence-electron chi connectivity index (χ1n) is 7.26. The summed E-state index contributed by atoms with van der Waals surface area (Å²) in [5, 5.41) is 8.83. The zero-order valence-corrected chi connectivity index (χ0v) is 12.2. The van der Waals surface area contributed by atoms with Crippen LogP contribution in [0.4, 0.5) is 0 Å². The monoisotopic (exact) mass is 277 g/mol. The minimum Gasteiger partial charge on any atom is -0.491 e. The van der Waals surface area contributed by atoms with Gasteiger partial charge in [-0.05, 0) is 44.4 Å². The van der Waals surface area contributed by atoms with Crippen molar-refractivity contribution in [3.63, 3.8) is 0 Å². The molecule has 1 fully saturated rings. The van der Waals surface area contributed by atoms with Crippen LogP contribution in [0.1, 0.15) is 38.7 Å². The summed E-state index contributed by atoms with van der Waals surface area (Å²) in [5.74, 6) is 0.152. The average molecular weight is 277 g/mol. The SMILES string of the molecule is CC(C)Oc1cccc(CN(CCC(=O)O)C2CC2)c1. The number of aliphatic carboxylic acids is 1. The van der Waals surface area contributed by atoms with Gasteiger partial charge in [0, 0.05) is 19.1 Å². The third kappa shape index (κ3) is 4.85. The Kier molecular flexibility index (Phi) is 5.01. The van der Waals surface area contributed by atoms with Crippen LogP contribution < -0.4 is 4.74 Å². The van der Waals surface area contributed by atoms with Crippen molar-refractivity contribution in [2.75, 3.05) is 6.54 Å². The summed E-state index contributed by atoms with van der Waals surface area (Å²) in [6, 6.07) is 8.64. The van der Waals surface area contributed by atoms with Crippen LogP contribution in [0.25, 0.3) is 0 Å². The van der Waals surface area contributed by atoms with Crippen molar-refractivity contribution in [1.82, 2.24) is 4.90 Å². The molecule has 0 bridgehead atoms. The van der Waals surface area contributed by atoms with Gasteiger partial charge in [-0.15, -0.1) is 0 Å². The number of nitrogens with zero attached hydrogens (tertiary/aromatic N) is 1. The molecule has 0 spiro atoms. The van der Waals surface area contributed by atoms with Crippen molar-refractivity contribution in [1.29, 1.82) is 0 Å². The first kappa shape index (κ1) is 14.9. The average Bonchev–Trinajstić information content (AvgIpc) is 3.18. The number of benzene rings is 1. The van der Waals surface area contributed by atoms with E-state index in [4.69, 9.17) is 9.84 Å². The highest BCUT2D eigenvalue weighted by Crippen LogP contribution is 2.29. The Balaban J connectivity index is 1.97. The fraction of sp³-hybridized carbons (Fsp3) is 0.562. The van der Waals surface area contributed by atoms with Crippen molar-refractivity contribution in [2.24, 2.45) is 0 Å². The quantitative estimate of drug-likeness (QED) is 0.793. The van der Waals surface area contributed by atoms with Gasteiger partial charge in [0.05, 0.1) is 12.5 Å². The first-order valence-corrected chi connectivity index (χ1v) is 7.26. The van der Waals surface area contributed by atoms with Crippen molar-refractivity contribution in [3.8, 4) is 5.75 Å². The molecule has 2 rings (SSSR count). The number of carboxylic acid groups (broad SMARTS) is 1. The number of rotatable bonds is 8. The molecular formula is C16H23NO3. The molecule has 1 N–H and O–H groups in total. The highest BCUT2D eigenvalue weighted by molar-refractivity contribution is 5.66. The van der Waals surface area contributed by atoms with E-state index in [0.717, 1.165) is 12.3 Å². The zero-order chi connectivity index (χ0) is 14.5. The van der Waals surface area contributed by atoms with Gasteiger partial charge < -0.3 is 9.84 Å². The first-order chi connectivity index (χ1) is 9.54. The van der Waals surface area contributed by atoms with Gasteiger partial charge in [0.15, 0.2) is 0 Å². The molecule has 0 saturated heterocycles. The van der Waals surface area contributed by atoms with Gasteiger partial charge in [0.2, 0.25) is 0 Å². The molecule has 4 nitrogen and oxygen atoms in total. The van der Waals surface area contributed by atoms with Crippen LogP contribution in [0, 0.1) is 0 Å². The second-order valence-electron chi connectivity index (χ2n) is 5.66. The third-order valence-corrected chi connectivity index (χ3v) is 3.33. The maximum atomic E-state index is 10.7. The van der Waals surface area contributed by atoms with Crippen molar-refractivity contribution in [2.45, 2.75) is 51.8 Å². The van der Waals surface area contributed by atoms with Crippen LogP contribution in [0.3, 0.4) is 0 Å². The van der Waals surface area contributed by atoms with E-state index in [0.29, 0.717) is 12.6 Å². The zero-order valence-electron chi connectivity index (χ0n) is 12.2. The molecule has 1 aromatic rings. The summed E-state index contributed by atoms with van der Waals surface area (Å²) in [6.45, 7) is 5.44. The fourth-order valence-electron chi connectivity index (χ4n) is 2.29. The molecule has 4 heteroatoms. The smallest absolute Gasteiger partial charge is 0.304 e. The van der Waals surface area contributed by atoms with Gasteiger partial charge in [-0.1, -0.05) is 12.1 Å².